The molecular weight excluding hydrogens is 323 g/mol. The number of aryl methyl sites for hydroxylation is 1. The van der Waals surface area contributed by atoms with Gasteiger partial charge in [0.25, 0.3) is 5.56 Å². The summed E-state index contributed by atoms with van der Waals surface area (Å²) in [5, 5.41) is 9.43. The fourth-order valence-corrected chi connectivity index (χ4v) is 3.04. The van der Waals surface area contributed by atoms with Crippen LogP contribution in [0, 0.1) is 12.7 Å². The standard InChI is InChI=1S/C19H19FN2O3/c1-11-18(25-3)17-16(22(2)19(11)24)7-12(9-21-17)6-13-4-5-15(20)8-14(13)10-23/h4-5,7-9,23H,6,10H2,1-3H3. The average molecular weight is 342 g/mol. The van der Waals surface area contributed by atoms with Crippen LogP contribution >= 0.6 is 0 Å². The Labute approximate surface area is 144 Å². The number of fused-ring (bicyclic) bond motifs is 1. The molecule has 0 spiro atoms. The molecule has 0 saturated heterocycles. The van der Waals surface area contributed by atoms with Crippen molar-refractivity contribution in [3.63, 3.8) is 0 Å². The number of nitrogens with zero attached hydrogens (tertiary/aromatic N) is 2. The Kier molecular flexibility index (Phi) is 4.55. The molecular formula is C19H19FN2O3. The third-order valence-electron chi connectivity index (χ3n) is 4.40. The number of benzene rings is 1. The molecule has 25 heavy (non-hydrogen) atoms. The van der Waals surface area contributed by atoms with Crippen LogP contribution in [-0.2, 0) is 20.1 Å². The van der Waals surface area contributed by atoms with Crippen molar-refractivity contribution in [3.05, 3.63) is 68.9 Å². The molecule has 1 N–H and O–H groups in total. The van der Waals surface area contributed by atoms with Gasteiger partial charge in [-0.2, -0.15) is 0 Å². The van der Waals surface area contributed by atoms with E-state index in [4.69, 9.17) is 4.74 Å². The zero-order valence-corrected chi connectivity index (χ0v) is 14.3. The summed E-state index contributed by atoms with van der Waals surface area (Å²) < 4.78 is 20.2. The maximum atomic E-state index is 13.3. The van der Waals surface area contributed by atoms with Crippen molar-refractivity contribution in [1.29, 1.82) is 0 Å². The molecule has 5 nitrogen and oxygen atoms in total. The quantitative estimate of drug-likeness (QED) is 0.791. The lowest BCUT2D eigenvalue weighted by atomic mass is 10.0. The second-order valence-electron chi connectivity index (χ2n) is 5.98. The second-order valence-corrected chi connectivity index (χ2v) is 5.98. The van der Waals surface area contributed by atoms with Crippen LogP contribution in [0.5, 0.6) is 5.75 Å². The van der Waals surface area contributed by atoms with E-state index < -0.39 is 0 Å². The molecule has 0 bridgehead atoms. The zero-order valence-electron chi connectivity index (χ0n) is 14.3. The van der Waals surface area contributed by atoms with Gasteiger partial charge in [-0.05, 0) is 48.2 Å². The van der Waals surface area contributed by atoms with Crippen molar-refractivity contribution in [2.75, 3.05) is 7.11 Å². The molecule has 2 heterocycles. The molecule has 0 saturated carbocycles. The van der Waals surface area contributed by atoms with E-state index in [1.807, 2.05) is 6.07 Å². The van der Waals surface area contributed by atoms with Gasteiger partial charge in [0, 0.05) is 13.2 Å². The molecule has 0 atom stereocenters. The van der Waals surface area contributed by atoms with Crippen molar-refractivity contribution < 1.29 is 14.2 Å². The molecule has 3 aromatic rings. The van der Waals surface area contributed by atoms with Gasteiger partial charge in [-0.15, -0.1) is 0 Å². The van der Waals surface area contributed by atoms with Crippen LogP contribution < -0.4 is 10.3 Å². The van der Waals surface area contributed by atoms with Crippen molar-refractivity contribution in [2.45, 2.75) is 20.0 Å². The van der Waals surface area contributed by atoms with E-state index in [1.54, 1.807) is 30.8 Å². The lowest BCUT2D eigenvalue weighted by molar-refractivity contribution is 0.280. The lowest BCUT2D eigenvalue weighted by Gasteiger charge is -2.13. The van der Waals surface area contributed by atoms with Crippen LogP contribution in [0.1, 0.15) is 22.3 Å². The summed E-state index contributed by atoms with van der Waals surface area (Å²) >= 11 is 0. The Bertz CT molecular complexity index is 1010. The number of pyridine rings is 2. The first-order valence-corrected chi connectivity index (χ1v) is 7.86. The number of aromatic nitrogens is 2. The van der Waals surface area contributed by atoms with Crippen molar-refractivity contribution in [2.24, 2.45) is 7.05 Å². The summed E-state index contributed by atoms with van der Waals surface area (Å²) in [5.41, 5.74) is 3.87. The van der Waals surface area contributed by atoms with E-state index in [1.165, 1.54) is 19.2 Å². The van der Waals surface area contributed by atoms with Gasteiger partial charge in [-0.3, -0.25) is 9.78 Å². The fraction of sp³-hybridized carbons (Fsp3) is 0.263. The fourth-order valence-electron chi connectivity index (χ4n) is 3.04. The highest BCUT2D eigenvalue weighted by Gasteiger charge is 2.15. The van der Waals surface area contributed by atoms with Gasteiger partial charge in [-0.25, -0.2) is 4.39 Å². The van der Waals surface area contributed by atoms with Crippen molar-refractivity contribution in [1.82, 2.24) is 9.55 Å². The van der Waals surface area contributed by atoms with Gasteiger partial charge < -0.3 is 14.4 Å². The van der Waals surface area contributed by atoms with Crippen LogP contribution in [0.3, 0.4) is 0 Å². The molecule has 0 unspecified atom stereocenters. The highest BCUT2D eigenvalue weighted by atomic mass is 19.1. The topological polar surface area (TPSA) is 64.3 Å². The number of rotatable bonds is 4. The van der Waals surface area contributed by atoms with Gasteiger partial charge in [0.1, 0.15) is 11.3 Å². The molecule has 130 valence electrons. The number of ether oxygens (including phenoxy) is 1. The zero-order chi connectivity index (χ0) is 18.1. The first-order chi connectivity index (χ1) is 12.0. The van der Waals surface area contributed by atoms with Gasteiger partial charge in [-0.1, -0.05) is 6.07 Å². The first kappa shape index (κ1) is 17.1. The highest BCUT2D eigenvalue weighted by molar-refractivity contribution is 5.83. The van der Waals surface area contributed by atoms with Crippen LogP contribution in [0.2, 0.25) is 0 Å². The van der Waals surface area contributed by atoms with Gasteiger partial charge in [0.05, 0.1) is 24.8 Å². The summed E-state index contributed by atoms with van der Waals surface area (Å²) in [6.45, 7) is 1.47. The second kappa shape index (κ2) is 6.64. The molecule has 3 rings (SSSR count). The Balaban J connectivity index is 2.12. The largest absolute Gasteiger partial charge is 0.494 e. The van der Waals surface area contributed by atoms with E-state index in [0.717, 1.165) is 11.1 Å². The van der Waals surface area contributed by atoms with Gasteiger partial charge in [0.2, 0.25) is 0 Å². The molecule has 1 aromatic carbocycles. The number of halogens is 1. The van der Waals surface area contributed by atoms with Crippen LogP contribution in [0.4, 0.5) is 4.39 Å². The van der Waals surface area contributed by atoms with E-state index >= 15 is 0 Å². The normalized spacial score (nSPS) is 11.1. The molecule has 2 aromatic heterocycles. The number of hydrogen-bond donors (Lipinski definition) is 1. The number of aliphatic hydroxyl groups excluding tert-OH is 1. The molecule has 0 aliphatic heterocycles. The maximum Gasteiger partial charge on any atom is 0.257 e. The molecule has 0 aliphatic carbocycles. The Morgan fingerprint density at radius 1 is 1.28 bits per heavy atom. The van der Waals surface area contributed by atoms with Gasteiger partial charge in [0.15, 0.2) is 5.75 Å². The van der Waals surface area contributed by atoms with Crippen LogP contribution in [0.15, 0.2) is 35.3 Å². The predicted octanol–water partition coefficient (Wildman–Crippen LogP) is 2.47. The third kappa shape index (κ3) is 3.00. The SMILES string of the molecule is COc1c(C)c(=O)n(C)c2cc(Cc3ccc(F)cc3CO)cnc12. The van der Waals surface area contributed by atoms with E-state index in [-0.39, 0.29) is 18.0 Å². The molecule has 6 heteroatoms. The number of hydrogen-bond acceptors (Lipinski definition) is 4. The smallest absolute Gasteiger partial charge is 0.257 e. The van der Waals surface area contributed by atoms with Crippen LogP contribution in [-0.4, -0.2) is 21.8 Å². The monoisotopic (exact) mass is 342 g/mol. The minimum Gasteiger partial charge on any atom is -0.494 e. The number of aliphatic hydroxyl groups is 1. The summed E-state index contributed by atoms with van der Waals surface area (Å²) in [7, 11) is 3.21. The molecule has 0 amide bonds. The molecule has 0 radical (unpaired) electrons. The average Bonchev–Trinajstić information content (AvgIpc) is 2.62. The Morgan fingerprint density at radius 2 is 2.04 bits per heavy atom. The summed E-state index contributed by atoms with van der Waals surface area (Å²) in [4.78, 5) is 16.8. The van der Waals surface area contributed by atoms with E-state index in [0.29, 0.717) is 34.3 Å². The minimum absolute atomic E-state index is 0.138. The van der Waals surface area contributed by atoms with Crippen molar-refractivity contribution >= 4 is 11.0 Å². The third-order valence-corrected chi connectivity index (χ3v) is 4.40. The summed E-state index contributed by atoms with van der Waals surface area (Å²) in [6, 6.07) is 6.22. The summed E-state index contributed by atoms with van der Waals surface area (Å²) in [6.07, 6.45) is 2.18. The maximum absolute atomic E-state index is 13.3. The molecule has 0 fully saturated rings. The highest BCUT2D eigenvalue weighted by Crippen LogP contribution is 2.26. The summed E-state index contributed by atoms with van der Waals surface area (Å²) in [5.74, 6) is 0.0922. The molecule has 0 aliphatic rings. The van der Waals surface area contributed by atoms with E-state index in [2.05, 4.69) is 4.98 Å². The predicted molar refractivity (Wildman–Crippen MR) is 93.4 cm³/mol. The minimum atomic E-state index is -0.382. The Hall–Kier alpha value is -2.73. The van der Waals surface area contributed by atoms with E-state index in [9.17, 15) is 14.3 Å². The first-order valence-electron chi connectivity index (χ1n) is 7.86. The lowest BCUT2D eigenvalue weighted by Crippen LogP contribution is -2.21. The van der Waals surface area contributed by atoms with Crippen LogP contribution in [0.25, 0.3) is 11.0 Å². The van der Waals surface area contributed by atoms with Gasteiger partial charge >= 0.3 is 0 Å². The number of methoxy groups -OCH3 is 1. The van der Waals surface area contributed by atoms with Crippen molar-refractivity contribution in [3.8, 4) is 5.75 Å². The Morgan fingerprint density at radius 3 is 2.72 bits per heavy atom.